The molecule has 0 atom stereocenters. The Morgan fingerprint density at radius 1 is 1.31 bits per heavy atom. The van der Waals surface area contributed by atoms with Crippen LogP contribution in [0, 0.1) is 0 Å². The monoisotopic (exact) mass is 245 g/mol. The van der Waals surface area contributed by atoms with Crippen LogP contribution >= 0.6 is 0 Å². The fourth-order valence-corrected chi connectivity index (χ4v) is 0.984. The molecule has 0 saturated heterocycles. The van der Waals surface area contributed by atoms with Crippen molar-refractivity contribution in [1.29, 1.82) is 0 Å². The Morgan fingerprint density at radius 3 is 2.38 bits per heavy atom. The largest absolute Gasteiger partial charge is 0.480 e. The molecule has 0 aliphatic rings. The molecule has 0 spiro atoms. The van der Waals surface area contributed by atoms with E-state index in [-0.39, 0.29) is 32.8 Å². The van der Waals surface area contributed by atoms with Gasteiger partial charge in [0, 0.05) is 13.1 Å². The summed E-state index contributed by atoms with van der Waals surface area (Å²) in [5, 5.41) is 17.0. The SMILES string of the molecule is O=C(O)CN(CCO)CCOCC(F)(F)F. The lowest BCUT2D eigenvalue weighted by molar-refractivity contribution is -0.175. The molecule has 0 rings (SSSR count). The van der Waals surface area contributed by atoms with Crippen molar-refractivity contribution in [2.45, 2.75) is 6.18 Å². The Kier molecular flexibility index (Phi) is 7.02. The topological polar surface area (TPSA) is 70.0 Å². The van der Waals surface area contributed by atoms with E-state index in [1.54, 1.807) is 0 Å². The number of nitrogens with zero attached hydrogens (tertiary/aromatic N) is 1. The summed E-state index contributed by atoms with van der Waals surface area (Å²) in [6.07, 6.45) is -4.38. The summed E-state index contributed by atoms with van der Waals surface area (Å²) in [6, 6.07) is 0. The van der Waals surface area contributed by atoms with Crippen LogP contribution in [0.2, 0.25) is 0 Å². The van der Waals surface area contributed by atoms with Crippen LogP contribution in [0.4, 0.5) is 13.2 Å². The van der Waals surface area contributed by atoms with Crippen molar-refractivity contribution in [3.63, 3.8) is 0 Å². The number of aliphatic hydroxyl groups is 1. The van der Waals surface area contributed by atoms with Gasteiger partial charge in [-0.15, -0.1) is 0 Å². The van der Waals surface area contributed by atoms with E-state index in [1.165, 1.54) is 4.90 Å². The standard InChI is InChI=1S/C8H14F3NO4/c9-8(10,11)6-16-4-2-12(1-3-13)5-7(14)15/h13H,1-6H2,(H,14,15). The second-order valence-electron chi connectivity index (χ2n) is 3.06. The molecule has 0 heterocycles. The first kappa shape index (κ1) is 15.1. The van der Waals surface area contributed by atoms with Gasteiger partial charge in [0.1, 0.15) is 6.61 Å². The molecule has 2 N–H and O–H groups in total. The summed E-state index contributed by atoms with van der Waals surface area (Å²) < 4.78 is 39.3. The Labute approximate surface area is 90.4 Å². The van der Waals surface area contributed by atoms with Gasteiger partial charge in [-0.3, -0.25) is 9.69 Å². The van der Waals surface area contributed by atoms with E-state index in [9.17, 15) is 18.0 Å². The zero-order valence-corrected chi connectivity index (χ0v) is 8.53. The minimum atomic E-state index is -4.38. The number of halogens is 3. The number of aliphatic hydroxyl groups excluding tert-OH is 1. The molecular weight excluding hydrogens is 231 g/mol. The molecule has 0 aliphatic carbocycles. The number of hydrogen-bond acceptors (Lipinski definition) is 4. The minimum Gasteiger partial charge on any atom is -0.480 e. The highest BCUT2D eigenvalue weighted by atomic mass is 19.4. The average Bonchev–Trinajstić information content (AvgIpc) is 2.10. The lowest BCUT2D eigenvalue weighted by Crippen LogP contribution is -2.35. The number of carbonyl (C=O) groups is 1. The molecule has 96 valence electrons. The lowest BCUT2D eigenvalue weighted by atomic mass is 10.4. The van der Waals surface area contributed by atoms with Gasteiger partial charge in [-0.1, -0.05) is 0 Å². The van der Waals surface area contributed by atoms with Crippen molar-refractivity contribution in [2.24, 2.45) is 0 Å². The number of carboxylic acids is 1. The zero-order chi connectivity index (χ0) is 12.6. The summed E-state index contributed by atoms with van der Waals surface area (Å²) in [5.41, 5.74) is 0. The summed E-state index contributed by atoms with van der Waals surface area (Å²) >= 11 is 0. The van der Waals surface area contributed by atoms with Gasteiger partial charge >= 0.3 is 12.1 Å². The lowest BCUT2D eigenvalue weighted by Gasteiger charge is -2.18. The second kappa shape index (κ2) is 7.42. The molecule has 0 aromatic carbocycles. The van der Waals surface area contributed by atoms with Gasteiger partial charge in [0.2, 0.25) is 0 Å². The van der Waals surface area contributed by atoms with Crippen LogP contribution in [0.5, 0.6) is 0 Å². The van der Waals surface area contributed by atoms with E-state index in [0.717, 1.165) is 0 Å². The predicted octanol–water partition coefficient (Wildman–Crippen LogP) is -0.0558. The first-order valence-electron chi connectivity index (χ1n) is 4.54. The van der Waals surface area contributed by atoms with Crippen LogP contribution in [0.3, 0.4) is 0 Å². The quantitative estimate of drug-likeness (QED) is 0.586. The number of hydrogen-bond donors (Lipinski definition) is 2. The molecule has 8 heteroatoms. The molecule has 0 amide bonds. The number of rotatable bonds is 8. The van der Waals surface area contributed by atoms with Crippen molar-refractivity contribution in [3.8, 4) is 0 Å². The van der Waals surface area contributed by atoms with E-state index >= 15 is 0 Å². The Morgan fingerprint density at radius 2 is 1.94 bits per heavy atom. The summed E-state index contributed by atoms with van der Waals surface area (Å²) in [6.45, 7) is -2.06. The number of ether oxygens (including phenoxy) is 1. The van der Waals surface area contributed by atoms with Gasteiger partial charge in [-0.25, -0.2) is 0 Å². The van der Waals surface area contributed by atoms with Crippen molar-refractivity contribution < 1.29 is 32.9 Å². The van der Waals surface area contributed by atoms with Gasteiger partial charge in [0.25, 0.3) is 0 Å². The molecule has 0 aromatic rings. The normalized spacial score (nSPS) is 12.1. The van der Waals surface area contributed by atoms with Gasteiger partial charge < -0.3 is 14.9 Å². The first-order valence-corrected chi connectivity index (χ1v) is 4.54. The molecule has 0 aliphatic heterocycles. The van der Waals surface area contributed by atoms with Crippen molar-refractivity contribution in [1.82, 2.24) is 4.90 Å². The fourth-order valence-electron chi connectivity index (χ4n) is 0.984. The van der Waals surface area contributed by atoms with Crippen molar-refractivity contribution >= 4 is 5.97 Å². The van der Waals surface area contributed by atoms with Gasteiger partial charge in [-0.05, 0) is 0 Å². The Hall–Kier alpha value is -0.860. The van der Waals surface area contributed by atoms with Crippen LogP contribution < -0.4 is 0 Å². The Balaban J connectivity index is 3.71. The van der Waals surface area contributed by atoms with Crippen LogP contribution in [-0.2, 0) is 9.53 Å². The maximum Gasteiger partial charge on any atom is 0.411 e. The van der Waals surface area contributed by atoms with Crippen LogP contribution in [0.15, 0.2) is 0 Å². The third-order valence-corrected chi connectivity index (χ3v) is 1.59. The highest BCUT2D eigenvalue weighted by Crippen LogP contribution is 2.14. The molecular formula is C8H14F3NO4. The minimum absolute atomic E-state index is 0.0307. The fraction of sp³-hybridized carbons (Fsp3) is 0.875. The maximum absolute atomic E-state index is 11.7. The van der Waals surface area contributed by atoms with E-state index in [4.69, 9.17) is 10.2 Å². The highest BCUT2D eigenvalue weighted by Gasteiger charge is 2.27. The van der Waals surface area contributed by atoms with Crippen LogP contribution in [-0.4, -0.2) is 66.7 Å². The van der Waals surface area contributed by atoms with Gasteiger partial charge in [0.05, 0.1) is 19.8 Å². The molecule has 5 nitrogen and oxygen atoms in total. The molecule has 0 unspecified atom stereocenters. The van der Waals surface area contributed by atoms with Crippen molar-refractivity contribution in [2.75, 3.05) is 39.5 Å². The third kappa shape index (κ3) is 9.69. The maximum atomic E-state index is 11.7. The van der Waals surface area contributed by atoms with E-state index < -0.39 is 18.8 Å². The van der Waals surface area contributed by atoms with Crippen LogP contribution in [0.1, 0.15) is 0 Å². The highest BCUT2D eigenvalue weighted by molar-refractivity contribution is 5.69. The molecule has 0 bridgehead atoms. The molecule has 0 aromatic heterocycles. The van der Waals surface area contributed by atoms with E-state index in [0.29, 0.717) is 0 Å². The number of alkyl halides is 3. The zero-order valence-electron chi connectivity index (χ0n) is 8.53. The molecule has 0 radical (unpaired) electrons. The van der Waals surface area contributed by atoms with Crippen LogP contribution in [0.25, 0.3) is 0 Å². The Bertz CT molecular complexity index is 210. The third-order valence-electron chi connectivity index (χ3n) is 1.59. The van der Waals surface area contributed by atoms with E-state index in [2.05, 4.69) is 4.74 Å². The number of aliphatic carboxylic acids is 1. The average molecular weight is 245 g/mol. The molecule has 0 saturated carbocycles. The van der Waals surface area contributed by atoms with Gasteiger partial charge in [0.15, 0.2) is 0 Å². The molecule has 0 fully saturated rings. The second-order valence-corrected chi connectivity index (χ2v) is 3.06. The summed E-state index contributed by atoms with van der Waals surface area (Å²) in [7, 11) is 0. The summed E-state index contributed by atoms with van der Waals surface area (Å²) in [5.74, 6) is -1.11. The predicted molar refractivity (Wildman–Crippen MR) is 48.0 cm³/mol. The number of carboxylic acid groups (broad SMARTS) is 1. The van der Waals surface area contributed by atoms with Crippen molar-refractivity contribution in [3.05, 3.63) is 0 Å². The molecule has 16 heavy (non-hydrogen) atoms. The first-order chi connectivity index (χ1) is 7.35. The summed E-state index contributed by atoms with van der Waals surface area (Å²) in [4.78, 5) is 11.6. The smallest absolute Gasteiger partial charge is 0.411 e. The van der Waals surface area contributed by atoms with E-state index in [1.807, 2.05) is 0 Å². The van der Waals surface area contributed by atoms with Gasteiger partial charge in [-0.2, -0.15) is 13.2 Å².